The largest absolute Gasteiger partial charge is 0.384 e. The lowest BCUT2D eigenvalue weighted by Gasteiger charge is -2.44. The molecule has 0 aliphatic carbocycles. The number of nitrogens with two attached hydrogens (primary N) is 1. The van der Waals surface area contributed by atoms with Crippen molar-refractivity contribution in [3.05, 3.63) is 29.4 Å². The molecule has 2 atom stereocenters. The second kappa shape index (κ2) is 6.27. The van der Waals surface area contributed by atoms with Gasteiger partial charge in [0.25, 0.3) is 0 Å². The summed E-state index contributed by atoms with van der Waals surface area (Å²) in [5, 5.41) is 2.69. The lowest BCUT2D eigenvalue weighted by atomic mass is 9.96. The van der Waals surface area contributed by atoms with Crippen LogP contribution in [0.3, 0.4) is 0 Å². The van der Waals surface area contributed by atoms with Crippen LogP contribution in [-0.2, 0) is 4.74 Å². The van der Waals surface area contributed by atoms with Gasteiger partial charge in [-0.3, -0.25) is 4.90 Å². The highest BCUT2D eigenvalue weighted by atomic mass is 35.5. The van der Waals surface area contributed by atoms with Crippen LogP contribution in [0.4, 0.5) is 15.9 Å². The van der Waals surface area contributed by atoms with Gasteiger partial charge in [0.05, 0.1) is 29.5 Å². The Hall–Kier alpha value is -1.63. The minimum Gasteiger partial charge on any atom is -0.384 e. The number of anilines is 2. The van der Waals surface area contributed by atoms with Crippen LogP contribution >= 0.6 is 11.6 Å². The number of pyridine rings is 1. The molecule has 0 radical (unpaired) electrons. The van der Waals surface area contributed by atoms with Gasteiger partial charge < -0.3 is 15.4 Å². The third-order valence-electron chi connectivity index (χ3n) is 5.48. The van der Waals surface area contributed by atoms with E-state index in [2.05, 4.69) is 20.9 Å². The Bertz CT molecular complexity index is 796. The number of hydrogen-bond acceptors (Lipinski definition) is 5. The molecular weight excluding hydrogens is 343 g/mol. The summed E-state index contributed by atoms with van der Waals surface area (Å²) in [6, 6.07) is 5.84. The van der Waals surface area contributed by atoms with Gasteiger partial charge in [-0.1, -0.05) is 11.6 Å². The highest BCUT2D eigenvalue weighted by Crippen LogP contribution is 2.34. The Labute approximate surface area is 151 Å². The van der Waals surface area contributed by atoms with Gasteiger partial charge in [-0.15, -0.1) is 0 Å². The topological polar surface area (TPSA) is 54.6 Å². The second-order valence-corrected chi connectivity index (χ2v) is 7.48. The van der Waals surface area contributed by atoms with Gasteiger partial charge in [-0.25, -0.2) is 9.37 Å². The van der Waals surface area contributed by atoms with Crippen molar-refractivity contribution in [1.29, 1.82) is 0 Å². The molecular formula is C18H22ClFN4O. The van der Waals surface area contributed by atoms with Crippen molar-refractivity contribution in [3.8, 4) is 0 Å². The van der Waals surface area contributed by atoms with Crippen LogP contribution in [0.15, 0.2) is 24.4 Å². The fraction of sp³-hybridized carbons (Fsp3) is 0.500. The molecule has 0 saturated carbocycles. The van der Waals surface area contributed by atoms with E-state index in [9.17, 15) is 4.39 Å². The molecule has 3 heterocycles. The van der Waals surface area contributed by atoms with Crippen LogP contribution in [0.25, 0.3) is 10.8 Å². The van der Waals surface area contributed by atoms with Crippen LogP contribution in [-0.4, -0.2) is 61.0 Å². The highest BCUT2D eigenvalue weighted by molar-refractivity contribution is 6.34. The molecule has 2 aliphatic rings. The van der Waals surface area contributed by atoms with E-state index in [-0.39, 0.29) is 6.61 Å². The fourth-order valence-electron chi connectivity index (χ4n) is 3.80. The first-order valence-electron chi connectivity index (χ1n) is 8.54. The lowest BCUT2D eigenvalue weighted by Crippen LogP contribution is -2.59. The highest BCUT2D eigenvalue weighted by Gasteiger charge is 2.46. The minimum atomic E-state index is -0.932. The van der Waals surface area contributed by atoms with Gasteiger partial charge in [-0.05, 0) is 30.5 Å². The standard InChI is InChI=1S/C18H22ClFN4O/c1-18(11-25-10-16(18)20)24-4-2-23(3-5-24)15-7-12-8-17(21)22-9-13(12)6-14(15)19/h6-9,16H,2-5,10-11H2,1H3,(H2,21,22)/t16-,18+/m1/s1. The van der Waals surface area contributed by atoms with Crippen LogP contribution in [0.1, 0.15) is 6.92 Å². The molecule has 1 aromatic carbocycles. The van der Waals surface area contributed by atoms with E-state index in [4.69, 9.17) is 22.1 Å². The molecule has 0 amide bonds. The van der Waals surface area contributed by atoms with Crippen molar-refractivity contribution in [2.24, 2.45) is 0 Å². The summed E-state index contributed by atoms with van der Waals surface area (Å²) < 4.78 is 19.6. The smallest absolute Gasteiger partial charge is 0.144 e. The number of ether oxygens (including phenoxy) is 1. The molecule has 25 heavy (non-hydrogen) atoms. The summed E-state index contributed by atoms with van der Waals surface area (Å²) in [4.78, 5) is 8.57. The van der Waals surface area contributed by atoms with Gasteiger partial charge in [0.15, 0.2) is 0 Å². The first-order valence-corrected chi connectivity index (χ1v) is 8.92. The van der Waals surface area contributed by atoms with Gasteiger partial charge in [0.1, 0.15) is 12.0 Å². The summed E-state index contributed by atoms with van der Waals surface area (Å²) in [6.07, 6.45) is 0.805. The molecule has 0 bridgehead atoms. The van der Waals surface area contributed by atoms with E-state index in [1.54, 1.807) is 6.20 Å². The Morgan fingerprint density at radius 3 is 2.68 bits per heavy atom. The SMILES string of the molecule is C[C@]1(N2CCN(c3cc4cc(N)ncc4cc3Cl)CC2)COC[C@H]1F. The van der Waals surface area contributed by atoms with E-state index in [0.29, 0.717) is 17.4 Å². The van der Waals surface area contributed by atoms with Gasteiger partial charge in [0.2, 0.25) is 0 Å². The third kappa shape index (κ3) is 2.92. The lowest BCUT2D eigenvalue weighted by molar-refractivity contribution is 0.0448. The van der Waals surface area contributed by atoms with Gasteiger partial charge in [0, 0.05) is 37.8 Å². The second-order valence-electron chi connectivity index (χ2n) is 7.07. The zero-order valence-corrected chi connectivity index (χ0v) is 15.0. The minimum absolute atomic E-state index is 0.197. The number of benzene rings is 1. The molecule has 2 saturated heterocycles. The number of aromatic nitrogens is 1. The van der Waals surface area contributed by atoms with Crippen LogP contribution in [0.5, 0.6) is 0 Å². The van der Waals surface area contributed by atoms with E-state index in [0.717, 1.165) is 42.6 Å². The average molecular weight is 365 g/mol. The van der Waals surface area contributed by atoms with Crippen LogP contribution in [0, 0.1) is 0 Å². The molecule has 2 fully saturated rings. The Balaban J connectivity index is 1.54. The summed E-state index contributed by atoms with van der Waals surface area (Å²) in [7, 11) is 0. The number of nitrogen functional groups attached to an aromatic ring is 1. The number of fused-ring (bicyclic) bond motifs is 1. The number of halogens is 2. The molecule has 2 aliphatic heterocycles. The molecule has 0 unspecified atom stereocenters. The Morgan fingerprint density at radius 1 is 1.24 bits per heavy atom. The zero-order chi connectivity index (χ0) is 17.6. The number of hydrogen-bond donors (Lipinski definition) is 1. The van der Waals surface area contributed by atoms with Crippen molar-refractivity contribution < 1.29 is 9.13 Å². The fourth-order valence-corrected chi connectivity index (χ4v) is 4.09. The third-order valence-corrected chi connectivity index (χ3v) is 5.79. The number of nitrogens with zero attached hydrogens (tertiary/aromatic N) is 3. The van der Waals surface area contributed by atoms with Crippen LogP contribution < -0.4 is 10.6 Å². The van der Waals surface area contributed by atoms with Crippen molar-refractivity contribution in [2.45, 2.75) is 18.6 Å². The molecule has 0 spiro atoms. The predicted molar refractivity (Wildman–Crippen MR) is 99.1 cm³/mol. The number of rotatable bonds is 2. The van der Waals surface area contributed by atoms with E-state index in [1.165, 1.54) is 0 Å². The van der Waals surface area contributed by atoms with E-state index in [1.807, 2.05) is 19.1 Å². The van der Waals surface area contributed by atoms with Crippen molar-refractivity contribution in [3.63, 3.8) is 0 Å². The summed E-state index contributed by atoms with van der Waals surface area (Å²) >= 11 is 6.50. The number of alkyl halides is 1. The van der Waals surface area contributed by atoms with Crippen molar-refractivity contribution >= 4 is 33.9 Å². The molecule has 5 nitrogen and oxygen atoms in total. The summed E-state index contributed by atoms with van der Waals surface area (Å²) in [6.45, 7) is 5.78. The average Bonchev–Trinajstić information content (AvgIpc) is 2.95. The van der Waals surface area contributed by atoms with Crippen LogP contribution in [0.2, 0.25) is 5.02 Å². The van der Waals surface area contributed by atoms with E-state index >= 15 is 0 Å². The molecule has 2 aromatic rings. The maximum atomic E-state index is 14.2. The predicted octanol–water partition coefficient (Wildman–Crippen LogP) is 2.72. The monoisotopic (exact) mass is 364 g/mol. The molecule has 2 N–H and O–H groups in total. The summed E-state index contributed by atoms with van der Waals surface area (Å²) in [5.41, 5.74) is 6.27. The Kier molecular flexibility index (Phi) is 4.22. The maximum Gasteiger partial charge on any atom is 0.144 e. The maximum absolute atomic E-state index is 14.2. The Morgan fingerprint density at radius 2 is 2.00 bits per heavy atom. The van der Waals surface area contributed by atoms with Crippen molar-refractivity contribution in [2.75, 3.05) is 50.0 Å². The quantitative estimate of drug-likeness (QED) is 0.888. The normalized spacial score (nSPS) is 28.0. The number of piperazine rings is 1. The molecule has 4 rings (SSSR count). The van der Waals surface area contributed by atoms with Crippen molar-refractivity contribution in [1.82, 2.24) is 9.88 Å². The van der Waals surface area contributed by atoms with Gasteiger partial charge >= 0.3 is 0 Å². The van der Waals surface area contributed by atoms with Gasteiger partial charge in [-0.2, -0.15) is 0 Å². The molecule has 1 aromatic heterocycles. The first-order chi connectivity index (χ1) is 12.0. The molecule has 7 heteroatoms. The molecule has 134 valence electrons. The first kappa shape index (κ1) is 16.8. The summed E-state index contributed by atoms with van der Waals surface area (Å²) in [5.74, 6) is 0.494. The van der Waals surface area contributed by atoms with E-state index < -0.39 is 11.7 Å². The zero-order valence-electron chi connectivity index (χ0n) is 14.2.